The molecule has 0 fully saturated rings. The van der Waals surface area contributed by atoms with Crippen molar-refractivity contribution in [3.05, 3.63) is 33.7 Å². The lowest BCUT2D eigenvalue weighted by molar-refractivity contribution is 0.00949. The third-order valence-corrected chi connectivity index (χ3v) is 2.71. The molecule has 2 rings (SSSR count). The fourth-order valence-electron chi connectivity index (χ4n) is 1.89. The molecule has 0 aromatic carbocycles. The van der Waals surface area contributed by atoms with Crippen molar-refractivity contribution in [1.29, 1.82) is 0 Å². The minimum Gasteiger partial charge on any atom is -0.451 e. The van der Waals surface area contributed by atoms with Crippen molar-refractivity contribution in [1.82, 2.24) is 4.57 Å². The summed E-state index contributed by atoms with van der Waals surface area (Å²) >= 11 is 0. The number of rotatable bonds is 2. The number of nitrogens with zero attached hydrogens (tertiary/aromatic N) is 1. The number of aliphatic hydroxyl groups excluding tert-OH is 1. The molecule has 0 spiro atoms. The maximum atomic E-state index is 11.9. The summed E-state index contributed by atoms with van der Waals surface area (Å²) in [5, 5.41) is 8.79. The van der Waals surface area contributed by atoms with Crippen LogP contribution in [-0.2, 0) is 16.9 Å². The molecular formula is C11H13NO4. The zero-order chi connectivity index (χ0) is 11.9. The van der Waals surface area contributed by atoms with E-state index in [4.69, 9.17) is 9.84 Å². The number of aliphatic hydroxyl groups is 1. The molecule has 0 aliphatic carbocycles. The molecule has 1 N–H and O–H groups in total. The van der Waals surface area contributed by atoms with Gasteiger partial charge in [-0.05, 0) is 19.9 Å². The van der Waals surface area contributed by atoms with E-state index in [1.165, 1.54) is 4.57 Å². The molecule has 16 heavy (non-hydrogen) atoms. The minimum atomic E-state index is -0.746. The Labute approximate surface area is 92.3 Å². The first-order valence-electron chi connectivity index (χ1n) is 5.05. The SMILES string of the molecule is CC1(C)OC(=O)c2c1ccn(CCO)c2=O. The highest BCUT2D eigenvalue weighted by Gasteiger charge is 2.40. The highest BCUT2D eigenvalue weighted by Crippen LogP contribution is 2.33. The number of esters is 1. The first-order valence-corrected chi connectivity index (χ1v) is 5.05. The van der Waals surface area contributed by atoms with Crippen molar-refractivity contribution in [3.63, 3.8) is 0 Å². The average Bonchev–Trinajstić information content (AvgIpc) is 2.42. The molecule has 0 radical (unpaired) electrons. The van der Waals surface area contributed by atoms with E-state index >= 15 is 0 Å². The Bertz CT molecular complexity index is 501. The van der Waals surface area contributed by atoms with Gasteiger partial charge in [-0.25, -0.2) is 4.79 Å². The summed E-state index contributed by atoms with van der Waals surface area (Å²) < 4.78 is 6.43. The van der Waals surface area contributed by atoms with E-state index in [-0.39, 0.29) is 18.7 Å². The molecule has 1 aliphatic heterocycles. The zero-order valence-electron chi connectivity index (χ0n) is 9.19. The Morgan fingerprint density at radius 3 is 2.75 bits per heavy atom. The number of fused-ring (bicyclic) bond motifs is 1. The average molecular weight is 223 g/mol. The van der Waals surface area contributed by atoms with Crippen LogP contribution in [0.15, 0.2) is 17.1 Å². The Morgan fingerprint density at radius 2 is 2.12 bits per heavy atom. The van der Waals surface area contributed by atoms with Gasteiger partial charge >= 0.3 is 5.97 Å². The Hall–Kier alpha value is -1.62. The van der Waals surface area contributed by atoms with E-state index in [2.05, 4.69) is 0 Å². The lowest BCUT2D eigenvalue weighted by Gasteiger charge is -2.17. The number of cyclic esters (lactones) is 1. The molecule has 0 bridgehead atoms. The van der Waals surface area contributed by atoms with Crippen LogP contribution in [0.5, 0.6) is 0 Å². The van der Waals surface area contributed by atoms with Gasteiger partial charge in [0.05, 0.1) is 6.61 Å². The van der Waals surface area contributed by atoms with Crippen molar-refractivity contribution in [3.8, 4) is 0 Å². The largest absolute Gasteiger partial charge is 0.451 e. The predicted molar refractivity (Wildman–Crippen MR) is 56.2 cm³/mol. The van der Waals surface area contributed by atoms with Crippen LogP contribution in [0.4, 0.5) is 0 Å². The smallest absolute Gasteiger partial charge is 0.345 e. The van der Waals surface area contributed by atoms with Crippen molar-refractivity contribution in [2.24, 2.45) is 0 Å². The van der Waals surface area contributed by atoms with Crippen LogP contribution >= 0.6 is 0 Å². The predicted octanol–water partition coefficient (Wildman–Crippen LogP) is 0.246. The first kappa shape index (κ1) is 10.9. The van der Waals surface area contributed by atoms with Crippen LogP contribution in [-0.4, -0.2) is 22.2 Å². The van der Waals surface area contributed by atoms with Crippen LogP contribution in [0.25, 0.3) is 0 Å². The Kier molecular flexibility index (Phi) is 2.35. The highest BCUT2D eigenvalue weighted by atomic mass is 16.6. The maximum Gasteiger partial charge on any atom is 0.345 e. The number of hydrogen-bond acceptors (Lipinski definition) is 4. The summed E-state index contributed by atoms with van der Waals surface area (Å²) in [4.78, 5) is 23.5. The van der Waals surface area contributed by atoms with Gasteiger partial charge in [-0.3, -0.25) is 4.79 Å². The lowest BCUT2D eigenvalue weighted by Crippen LogP contribution is -2.26. The van der Waals surface area contributed by atoms with Crippen LogP contribution < -0.4 is 5.56 Å². The highest BCUT2D eigenvalue weighted by molar-refractivity contribution is 5.94. The van der Waals surface area contributed by atoms with Crippen LogP contribution in [0, 0.1) is 0 Å². The lowest BCUT2D eigenvalue weighted by atomic mass is 9.98. The summed E-state index contributed by atoms with van der Waals surface area (Å²) in [6, 6.07) is 1.69. The van der Waals surface area contributed by atoms with Crippen molar-refractivity contribution >= 4 is 5.97 Å². The first-order chi connectivity index (χ1) is 7.47. The van der Waals surface area contributed by atoms with E-state index < -0.39 is 17.1 Å². The van der Waals surface area contributed by atoms with E-state index in [9.17, 15) is 9.59 Å². The van der Waals surface area contributed by atoms with Gasteiger partial charge in [0.15, 0.2) is 0 Å². The van der Waals surface area contributed by atoms with Gasteiger partial charge in [-0.1, -0.05) is 0 Å². The van der Waals surface area contributed by atoms with Gasteiger partial charge in [0.2, 0.25) is 0 Å². The molecular weight excluding hydrogens is 210 g/mol. The standard InChI is InChI=1S/C11H13NO4/c1-11(2)7-3-4-12(5-6-13)9(14)8(7)10(15)16-11/h3-4,13H,5-6H2,1-2H3. The molecule has 1 aromatic rings. The third kappa shape index (κ3) is 1.44. The maximum absolute atomic E-state index is 11.9. The molecule has 0 saturated carbocycles. The Balaban J connectivity index is 2.64. The minimum absolute atomic E-state index is 0.0842. The number of ether oxygens (including phenoxy) is 1. The normalized spacial score (nSPS) is 17.1. The molecule has 0 atom stereocenters. The monoisotopic (exact) mass is 223 g/mol. The zero-order valence-corrected chi connectivity index (χ0v) is 9.19. The van der Waals surface area contributed by atoms with Gasteiger partial charge in [0, 0.05) is 18.3 Å². The van der Waals surface area contributed by atoms with E-state index in [0.717, 1.165) is 0 Å². The van der Waals surface area contributed by atoms with Crippen molar-refractivity contribution < 1.29 is 14.6 Å². The fraction of sp³-hybridized carbons (Fsp3) is 0.455. The van der Waals surface area contributed by atoms with E-state index in [1.54, 1.807) is 26.1 Å². The van der Waals surface area contributed by atoms with Crippen LogP contribution in [0.2, 0.25) is 0 Å². The molecule has 1 aromatic heterocycles. The van der Waals surface area contributed by atoms with Gasteiger partial charge in [-0.2, -0.15) is 0 Å². The number of hydrogen-bond donors (Lipinski definition) is 1. The second kappa shape index (κ2) is 3.45. The summed E-state index contributed by atoms with van der Waals surface area (Å²) in [6.07, 6.45) is 1.57. The molecule has 5 heteroatoms. The van der Waals surface area contributed by atoms with E-state index in [1.807, 2.05) is 0 Å². The number of carbonyl (C=O) groups excluding carboxylic acids is 1. The van der Waals surface area contributed by atoms with Crippen molar-refractivity contribution in [2.45, 2.75) is 26.0 Å². The second-order valence-electron chi connectivity index (χ2n) is 4.23. The summed E-state index contributed by atoms with van der Waals surface area (Å²) in [6.45, 7) is 3.52. The number of pyridine rings is 1. The summed E-state index contributed by atoms with van der Waals surface area (Å²) in [5.41, 5.74) is -0.455. The number of aromatic nitrogens is 1. The molecule has 2 heterocycles. The summed E-state index contributed by atoms with van der Waals surface area (Å²) in [7, 11) is 0. The topological polar surface area (TPSA) is 68.5 Å². The molecule has 1 aliphatic rings. The van der Waals surface area contributed by atoms with Gasteiger partial charge in [0.1, 0.15) is 11.2 Å². The van der Waals surface area contributed by atoms with Gasteiger partial charge in [0.25, 0.3) is 5.56 Å². The quantitative estimate of drug-likeness (QED) is 0.729. The third-order valence-electron chi connectivity index (χ3n) is 2.71. The second-order valence-corrected chi connectivity index (χ2v) is 4.23. The molecule has 5 nitrogen and oxygen atoms in total. The van der Waals surface area contributed by atoms with Crippen molar-refractivity contribution in [2.75, 3.05) is 6.61 Å². The fourth-order valence-corrected chi connectivity index (χ4v) is 1.89. The van der Waals surface area contributed by atoms with Crippen LogP contribution in [0.3, 0.4) is 0 Å². The van der Waals surface area contributed by atoms with Crippen LogP contribution in [0.1, 0.15) is 29.8 Å². The number of carbonyl (C=O) groups is 1. The molecule has 0 saturated heterocycles. The van der Waals surface area contributed by atoms with Gasteiger partial charge < -0.3 is 14.4 Å². The molecule has 0 unspecified atom stereocenters. The Morgan fingerprint density at radius 1 is 1.44 bits per heavy atom. The van der Waals surface area contributed by atoms with Gasteiger partial charge in [-0.15, -0.1) is 0 Å². The van der Waals surface area contributed by atoms with E-state index in [0.29, 0.717) is 5.56 Å². The molecule has 0 amide bonds. The summed E-state index contributed by atoms with van der Waals surface area (Å²) in [5.74, 6) is -0.586. The molecule has 86 valence electrons.